The first-order valence-corrected chi connectivity index (χ1v) is 7.13. The molecule has 0 aliphatic carbocycles. The largest absolute Gasteiger partial charge is 0.370 e. The third-order valence-corrected chi connectivity index (χ3v) is 3.53. The fraction of sp³-hybridized carbons (Fsp3) is 0.500. The van der Waals surface area contributed by atoms with E-state index in [0.717, 1.165) is 41.0 Å². The minimum Gasteiger partial charge on any atom is -0.370 e. The van der Waals surface area contributed by atoms with E-state index in [1.165, 1.54) is 11.8 Å². The first-order chi connectivity index (χ1) is 9.13. The minimum atomic E-state index is 0.684. The Hall–Kier alpha value is -1.63. The lowest BCUT2D eigenvalue weighted by atomic mass is 10.3. The van der Waals surface area contributed by atoms with Crippen LogP contribution in [0, 0.1) is 13.8 Å². The molecule has 0 bridgehead atoms. The summed E-state index contributed by atoms with van der Waals surface area (Å²) in [6.45, 7) is 8.83. The predicted molar refractivity (Wildman–Crippen MR) is 75.6 cm³/mol. The van der Waals surface area contributed by atoms with Gasteiger partial charge in [-0.3, -0.25) is 5.10 Å². The van der Waals surface area contributed by atoms with Gasteiger partial charge in [0.25, 0.3) is 0 Å². The number of hydrogen-bond acceptors (Lipinski definition) is 6. The topological polar surface area (TPSA) is 79.4 Å². The van der Waals surface area contributed by atoms with Crippen molar-refractivity contribution in [1.29, 1.82) is 0 Å². The molecule has 0 fully saturated rings. The molecule has 6 nitrogen and oxygen atoms in total. The van der Waals surface area contributed by atoms with Crippen molar-refractivity contribution < 1.29 is 0 Å². The van der Waals surface area contributed by atoms with Crippen LogP contribution in [0.15, 0.2) is 10.2 Å². The van der Waals surface area contributed by atoms with Gasteiger partial charge in [-0.2, -0.15) is 0 Å². The summed E-state index contributed by atoms with van der Waals surface area (Å²) in [5, 5.41) is 11.8. The third-order valence-electron chi connectivity index (χ3n) is 2.57. The molecule has 7 heteroatoms. The Morgan fingerprint density at radius 2 is 1.95 bits per heavy atom. The zero-order valence-corrected chi connectivity index (χ0v) is 12.4. The second kappa shape index (κ2) is 6.01. The lowest BCUT2D eigenvalue weighted by molar-refractivity contribution is 0.866. The van der Waals surface area contributed by atoms with Crippen LogP contribution in [0.4, 0.5) is 5.82 Å². The second-order valence-corrected chi connectivity index (χ2v) is 5.06. The van der Waals surface area contributed by atoms with Crippen molar-refractivity contribution in [3.8, 4) is 0 Å². The monoisotopic (exact) mass is 278 g/mol. The molecule has 0 aliphatic rings. The highest BCUT2D eigenvalue weighted by Gasteiger charge is 2.13. The van der Waals surface area contributed by atoms with Crippen LogP contribution in [0.1, 0.15) is 31.1 Å². The standard InChI is InChI=1S/C12H18N6S/c1-5-9-15-10(13-6-2)7(3)11(16-9)19-12-14-8(4)17-18-12/h5-6H2,1-4H3,(H,13,15,16)(H,14,17,18). The van der Waals surface area contributed by atoms with Crippen molar-refractivity contribution in [2.24, 2.45) is 0 Å². The van der Waals surface area contributed by atoms with Gasteiger partial charge in [-0.05, 0) is 32.5 Å². The predicted octanol–water partition coefficient (Wildman–Crippen LogP) is 2.36. The van der Waals surface area contributed by atoms with Crippen molar-refractivity contribution in [3.05, 3.63) is 17.2 Å². The van der Waals surface area contributed by atoms with Crippen LogP contribution in [0.5, 0.6) is 0 Å². The molecule has 0 amide bonds. The maximum atomic E-state index is 4.56. The molecule has 0 spiro atoms. The number of rotatable bonds is 5. The zero-order chi connectivity index (χ0) is 13.8. The Morgan fingerprint density at radius 1 is 1.16 bits per heavy atom. The third kappa shape index (κ3) is 3.23. The van der Waals surface area contributed by atoms with Crippen molar-refractivity contribution in [1.82, 2.24) is 25.1 Å². The minimum absolute atomic E-state index is 0.684. The van der Waals surface area contributed by atoms with Gasteiger partial charge in [0.15, 0.2) is 0 Å². The van der Waals surface area contributed by atoms with E-state index >= 15 is 0 Å². The van der Waals surface area contributed by atoms with E-state index in [0.29, 0.717) is 5.16 Å². The average Bonchev–Trinajstić information content (AvgIpc) is 2.80. The quantitative estimate of drug-likeness (QED) is 0.817. The molecule has 0 aromatic carbocycles. The van der Waals surface area contributed by atoms with E-state index in [1.54, 1.807) is 0 Å². The average molecular weight is 278 g/mol. The lowest BCUT2D eigenvalue weighted by Gasteiger charge is -2.11. The first kappa shape index (κ1) is 13.8. The number of H-pyrrole nitrogens is 1. The molecule has 0 saturated heterocycles. The van der Waals surface area contributed by atoms with Gasteiger partial charge in [0.05, 0.1) is 0 Å². The van der Waals surface area contributed by atoms with E-state index in [9.17, 15) is 0 Å². The van der Waals surface area contributed by atoms with Gasteiger partial charge in [0.2, 0.25) is 5.16 Å². The highest BCUT2D eigenvalue weighted by atomic mass is 32.2. The van der Waals surface area contributed by atoms with Crippen LogP contribution in [-0.4, -0.2) is 31.7 Å². The van der Waals surface area contributed by atoms with Crippen LogP contribution in [0.2, 0.25) is 0 Å². The number of aromatic nitrogens is 5. The van der Waals surface area contributed by atoms with Gasteiger partial charge in [0, 0.05) is 18.5 Å². The van der Waals surface area contributed by atoms with Crippen LogP contribution < -0.4 is 5.32 Å². The molecule has 102 valence electrons. The summed E-state index contributed by atoms with van der Waals surface area (Å²) in [6, 6.07) is 0. The smallest absolute Gasteiger partial charge is 0.214 e. The van der Waals surface area contributed by atoms with Gasteiger partial charge in [-0.1, -0.05) is 6.92 Å². The first-order valence-electron chi connectivity index (χ1n) is 6.32. The summed E-state index contributed by atoms with van der Waals surface area (Å²) in [6.07, 6.45) is 0.805. The Labute approximate surface area is 116 Å². The van der Waals surface area contributed by atoms with Gasteiger partial charge in [0.1, 0.15) is 22.5 Å². The maximum Gasteiger partial charge on any atom is 0.214 e. The molecular formula is C12H18N6S. The Morgan fingerprint density at radius 3 is 2.53 bits per heavy atom. The van der Waals surface area contributed by atoms with Gasteiger partial charge in [-0.15, -0.1) is 5.10 Å². The fourth-order valence-electron chi connectivity index (χ4n) is 1.59. The summed E-state index contributed by atoms with van der Waals surface area (Å²) < 4.78 is 0. The number of nitrogens with zero attached hydrogens (tertiary/aromatic N) is 4. The highest BCUT2D eigenvalue weighted by Crippen LogP contribution is 2.29. The van der Waals surface area contributed by atoms with E-state index in [4.69, 9.17) is 0 Å². The van der Waals surface area contributed by atoms with Gasteiger partial charge >= 0.3 is 0 Å². The van der Waals surface area contributed by atoms with Crippen LogP contribution in [0.3, 0.4) is 0 Å². The molecule has 2 aromatic rings. The van der Waals surface area contributed by atoms with E-state index in [1.807, 2.05) is 20.8 Å². The number of anilines is 1. The molecule has 0 radical (unpaired) electrons. The molecule has 19 heavy (non-hydrogen) atoms. The normalized spacial score (nSPS) is 10.7. The van der Waals surface area contributed by atoms with Crippen molar-refractivity contribution in [2.75, 3.05) is 11.9 Å². The zero-order valence-electron chi connectivity index (χ0n) is 11.6. The Kier molecular flexibility index (Phi) is 4.36. The fourth-order valence-corrected chi connectivity index (χ4v) is 2.44. The number of aryl methyl sites for hydroxylation is 2. The van der Waals surface area contributed by atoms with Crippen molar-refractivity contribution in [2.45, 2.75) is 44.3 Å². The molecule has 0 saturated carbocycles. The summed E-state index contributed by atoms with van der Waals surface area (Å²) in [5.74, 6) is 2.53. The molecule has 0 unspecified atom stereocenters. The van der Waals surface area contributed by atoms with Crippen LogP contribution in [-0.2, 0) is 6.42 Å². The van der Waals surface area contributed by atoms with Gasteiger partial charge < -0.3 is 5.32 Å². The summed E-state index contributed by atoms with van der Waals surface area (Å²) >= 11 is 1.46. The molecule has 0 aliphatic heterocycles. The summed E-state index contributed by atoms with van der Waals surface area (Å²) in [7, 11) is 0. The number of aromatic amines is 1. The number of hydrogen-bond donors (Lipinski definition) is 2. The second-order valence-electron chi connectivity index (χ2n) is 4.11. The molecule has 2 rings (SSSR count). The molecule has 2 N–H and O–H groups in total. The molecule has 0 atom stereocenters. The summed E-state index contributed by atoms with van der Waals surface area (Å²) in [4.78, 5) is 13.4. The van der Waals surface area contributed by atoms with Crippen LogP contribution >= 0.6 is 11.8 Å². The molecule has 2 aromatic heterocycles. The van der Waals surface area contributed by atoms with E-state index in [2.05, 4.69) is 37.4 Å². The molecule has 2 heterocycles. The van der Waals surface area contributed by atoms with Crippen LogP contribution in [0.25, 0.3) is 0 Å². The summed E-state index contributed by atoms with van der Waals surface area (Å²) in [5.41, 5.74) is 1.03. The highest BCUT2D eigenvalue weighted by molar-refractivity contribution is 7.99. The Bertz CT molecular complexity index is 565. The van der Waals surface area contributed by atoms with E-state index < -0.39 is 0 Å². The van der Waals surface area contributed by atoms with Crippen molar-refractivity contribution in [3.63, 3.8) is 0 Å². The van der Waals surface area contributed by atoms with Gasteiger partial charge in [-0.25, -0.2) is 15.0 Å². The SMILES string of the molecule is CCNc1nc(CC)nc(Sc2n[nH]c(C)n2)c1C. The Balaban J connectivity index is 2.35. The lowest BCUT2D eigenvalue weighted by Crippen LogP contribution is -2.07. The van der Waals surface area contributed by atoms with E-state index in [-0.39, 0.29) is 0 Å². The number of nitrogens with one attached hydrogen (secondary N) is 2. The molecular weight excluding hydrogens is 260 g/mol. The maximum absolute atomic E-state index is 4.56. The van der Waals surface area contributed by atoms with Crippen molar-refractivity contribution >= 4 is 17.6 Å².